The van der Waals surface area contributed by atoms with Crippen molar-refractivity contribution < 1.29 is 4.79 Å². The summed E-state index contributed by atoms with van der Waals surface area (Å²) in [7, 11) is 0. The second-order valence-corrected chi connectivity index (χ2v) is 6.03. The molecule has 0 aliphatic carbocycles. The normalized spacial score (nSPS) is 16.8. The van der Waals surface area contributed by atoms with Gasteiger partial charge in [-0.05, 0) is 13.0 Å². The molecule has 0 radical (unpaired) electrons. The summed E-state index contributed by atoms with van der Waals surface area (Å²) in [6.07, 6.45) is 2.14. The van der Waals surface area contributed by atoms with Crippen molar-refractivity contribution in [1.82, 2.24) is 14.8 Å². The molecular formula is C13H20ClN3OS. The Morgan fingerprint density at radius 1 is 1.42 bits per heavy atom. The molecule has 1 aliphatic rings. The van der Waals surface area contributed by atoms with Crippen molar-refractivity contribution in [2.45, 2.75) is 25.6 Å². The van der Waals surface area contributed by atoms with Gasteiger partial charge in [-0.1, -0.05) is 0 Å². The van der Waals surface area contributed by atoms with Crippen molar-refractivity contribution in [1.29, 1.82) is 0 Å². The number of alkyl halides is 1. The van der Waals surface area contributed by atoms with Crippen LogP contribution in [0.25, 0.3) is 0 Å². The molecule has 2 heterocycles. The number of amides is 1. The highest BCUT2D eigenvalue weighted by atomic mass is 35.5. The van der Waals surface area contributed by atoms with E-state index in [1.165, 1.54) is 5.01 Å². The molecule has 6 heteroatoms. The van der Waals surface area contributed by atoms with Gasteiger partial charge < -0.3 is 4.90 Å². The lowest BCUT2D eigenvalue weighted by Gasteiger charge is -2.34. The van der Waals surface area contributed by atoms with E-state index in [0.29, 0.717) is 5.88 Å². The van der Waals surface area contributed by atoms with Crippen LogP contribution in [-0.4, -0.2) is 53.4 Å². The number of carbonyl (C=O) groups excluding carboxylic acids is 1. The van der Waals surface area contributed by atoms with Crippen molar-refractivity contribution in [3.05, 3.63) is 16.1 Å². The maximum Gasteiger partial charge on any atom is 0.219 e. The largest absolute Gasteiger partial charge is 0.340 e. The highest BCUT2D eigenvalue weighted by Crippen LogP contribution is 2.14. The fourth-order valence-electron chi connectivity index (χ4n) is 2.27. The van der Waals surface area contributed by atoms with E-state index in [-0.39, 0.29) is 5.91 Å². The Balaban J connectivity index is 1.65. The molecule has 0 saturated carbocycles. The Hall–Kier alpha value is -0.650. The van der Waals surface area contributed by atoms with Gasteiger partial charge in [0, 0.05) is 44.9 Å². The number of rotatable bonds is 5. The van der Waals surface area contributed by atoms with Crippen LogP contribution >= 0.6 is 22.9 Å². The van der Waals surface area contributed by atoms with Crippen LogP contribution in [0.15, 0.2) is 5.38 Å². The van der Waals surface area contributed by atoms with E-state index in [1.54, 1.807) is 18.3 Å². The summed E-state index contributed by atoms with van der Waals surface area (Å²) in [4.78, 5) is 20.0. The third-order valence-corrected chi connectivity index (χ3v) is 4.65. The molecule has 4 nitrogen and oxygen atoms in total. The van der Waals surface area contributed by atoms with E-state index in [1.807, 2.05) is 10.3 Å². The summed E-state index contributed by atoms with van der Waals surface area (Å²) in [5.74, 6) is 0.694. The van der Waals surface area contributed by atoms with Crippen LogP contribution in [0.5, 0.6) is 0 Å². The summed E-state index contributed by atoms with van der Waals surface area (Å²) in [6, 6.07) is 0. The van der Waals surface area contributed by atoms with E-state index >= 15 is 0 Å². The molecule has 0 aromatic carbocycles. The first-order valence-corrected chi connectivity index (χ1v) is 8.07. The maximum atomic E-state index is 11.2. The van der Waals surface area contributed by atoms with Crippen LogP contribution in [0, 0.1) is 0 Å². The van der Waals surface area contributed by atoms with Crippen molar-refractivity contribution in [2.75, 3.05) is 32.7 Å². The third kappa shape index (κ3) is 4.44. The monoisotopic (exact) mass is 301 g/mol. The van der Waals surface area contributed by atoms with Gasteiger partial charge in [0.25, 0.3) is 0 Å². The first-order chi connectivity index (χ1) is 9.19. The number of halogens is 1. The number of aromatic nitrogens is 1. The molecule has 0 atom stereocenters. The Labute approximate surface area is 123 Å². The van der Waals surface area contributed by atoms with Crippen LogP contribution in [0.4, 0.5) is 0 Å². The second-order valence-electron chi connectivity index (χ2n) is 4.82. The summed E-state index contributed by atoms with van der Waals surface area (Å²) in [6.45, 7) is 6.44. The molecule has 0 spiro atoms. The Morgan fingerprint density at radius 2 is 2.16 bits per heavy atom. The zero-order valence-corrected chi connectivity index (χ0v) is 12.8. The zero-order chi connectivity index (χ0) is 13.7. The fraction of sp³-hybridized carbons (Fsp3) is 0.692. The molecule has 19 heavy (non-hydrogen) atoms. The fourth-order valence-corrected chi connectivity index (χ4v) is 3.33. The molecule has 0 unspecified atom stereocenters. The summed E-state index contributed by atoms with van der Waals surface area (Å²) >= 11 is 7.44. The highest BCUT2D eigenvalue weighted by Gasteiger charge is 2.17. The summed E-state index contributed by atoms with van der Waals surface area (Å²) in [5, 5.41) is 3.21. The van der Waals surface area contributed by atoms with Gasteiger partial charge in [-0.25, -0.2) is 4.98 Å². The molecule has 1 aromatic rings. The first-order valence-electron chi connectivity index (χ1n) is 6.66. The molecule has 1 saturated heterocycles. The molecule has 1 aromatic heterocycles. The van der Waals surface area contributed by atoms with Crippen molar-refractivity contribution in [2.24, 2.45) is 0 Å². The highest BCUT2D eigenvalue weighted by molar-refractivity contribution is 7.09. The van der Waals surface area contributed by atoms with Gasteiger partial charge in [0.1, 0.15) is 0 Å². The Bertz CT molecular complexity index is 416. The van der Waals surface area contributed by atoms with E-state index in [9.17, 15) is 4.79 Å². The molecule has 106 valence electrons. The quantitative estimate of drug-likeness (QED) is 0.780. The smallest absolute Gasteiger partial charge is 0.219 e. The Kier molecular flexibility index (Phi) is 5.60. The number of piperazine rings is 1. The predicted octanol–water partition coefficient (Wildman–Crippen LogP) is 1.98. The topological polar surface area (TPSA) is 36.4 Å². The van der Waals surface area contributed by atoms with Crippen LogP contribution in [0.1, 0.15) is 24.0 Å². The molecular weight excluding hydrogens is 282 g/mol. The summed E-state index contributed by atoms with van der Waals surface area (Å²) < 4.78 is 0. The van der Waals surface area contributed by atoms with E-state index in [4.69, 9.17) is 11.6 Å². The van der Waals surface area contributed by atoms with E-state index in [0.717, 1.165) is 51.3 Å². The predicted molar refractivity (Wildman–Crippen MR) is 78.7 cm³/mol. The third-order valence-electron chi connectivity index (χ3n) is 3.42. The molecule has 0 bridgehead atoms. The number of aryl methyl sites for hydroxylation is 1. The van der Waals surface area contributed by atoms with Gasteiger partial charge in [-0.3, -0.25) is 9.69 Å². The van der Waals surface area contributed by atoms with Crippen LogP contribution in [0.2, 0.25) is 0 Å². The number of hydrogen-bond donors (Lipinski definition) is 0. The first kappa shape index (κ1) is 14.8. The molecule has 1 fully saturated rings. The average Bonchev–Trinajstić information content (AvgIpc) is 2.87. The van der Waals surface area contributed by atoms with Crippen molar-refractivity contribution in [3.8, 4) is 0 Å². The lowest BCUT2D eigenvalue weighted by atomic mass is 10.2. The van der Waals surface area contributed by atoms with Crippen molar-refractivity contribution in [3.63, 3.8) is 0 Å². The number of thiazole rings is 1. The minimum absolute atomic E-state index is 0.191. The average molecular weight is 302 g/mol. The SMILES string of the molecule is CC(=O)N1CCN(CCCc2nc(CCl)cs2)CC1. The molecule has 1 amide bonds. The van der Waals surface area contributed by atoms with Gasteiger partial charge in [0.2, 0.25) is 5.91 Å². The number of carbonyl (C=O) groups is 1. The van der Waals surface area contributed by atoms with Gasteiger partial charge in [-0.15, -0.1) is 22.9 Å². The van der Waals surface area contributed by atoms with Gasteiger partial charge in [0.15, 0.2) is 0 Å². The van der Waals surface area contributed by atoms with Crippen LogP contribution in [0.3, 0.4) is 0 Å². The van der Waals surface area contributed by atoms with Gasteiger partial charge in [0.05, 0.1) is 16.6 Å². The molecule has 2 rings (SSSR count). The lowest BCUT2D eigenvalue weighted by Crippen LogP contribution is -2.48. The standard InChI is InChI=1S/C13H20ClN3OS/c1-11(18)17-7-5-16(6-8-17)4-2-3-13-15-12(9-14)10-19-13/h10H,2-9H2,1H3. The molecule has 0 N–H and O–H groups in total. The second kappa shape index (κ2) is 7.22. The Morgan fingerprint density at radius 3 is 2.74 bits per heavy atom. The minimum Gasteiger partial charge on any atom is -0.340 e. The zero-order valence-electron chi connectivity index (χ0n) is 11.3. The van der Waals surface area contributed by atoms with E-state index < -0.39 is 0 Å². The van der Waals surface area contributed by atoms with E-state index in [2.05, 4.69) is 9.88 Å². The van der Waals surface area contributed by atoms with Crippen LogP contribution < -0.4 is 0 Å². The summed E-state index contributed by atoms with van der Waals surface area (Å²) in [5.41, 5.74) is 0.983. The van der Waals surface area contributed by atoms with Gasteiger partial charge in [-0.2, -0.15) is 0 Å². The number of nitrogens with zero attached hydrogens (tertiary/aromatic N) is 3. The van der Waals surface area contributed by atoms with Crippen LogP contribution in [-0.2, 0) is 17.1 Å². The molecule has 1 aliphatic heterocycles. The maximum absolute atomic E-state index is 11.2. The minimum atomic E-state index is 0.191. The van der Waals surface area contributed by atoms with Gasteiger partial charge >= 0.3 is 0 Å². The van der Waals surface area contributed by atoms with Crippen molar-refractivity contribution >= 4 is 28.8 Å². The number of hydrogen-bond acceptors (Lipinski definition) is 4. The lowest BCUT2D eigenvalue weighted by molar-refractivity contribution is -0.130.